The summed E-state index contributed by atoms with van der Waals surface area (Å²) in [4.78, 5) is 24.7. The van der Waals surface area contributed by atoms with Crippen LogP contribution in [0.25, 0.3) is 0 Å². The van der Waals surface area contributed by atoms with Crippen molar-refractivity contribution in [2.45, 2.75) is 194 Å². The Morgan fingerprint density at radius 2 is 0.717 bits per heavy atom. The summed E-state index contributed by atoms with van der Waals surface area (Å²) in [6.45, 7) is 5.81. The molecule has 0 radical (unpaired) electrons. The maximum Gasteiger partial charge on any atom is 0.305 e. The molecular formula is C42H74O4. The molecule has 4 rings (SSSR count). The number of rotatable bonds is 19. The predicted octanol–water partition coefficient (Wildman–Crippen LogP) is 12.0. The van der Waals surface area contributed by atoms with Crippen LogP contribution in [0.1, 0.15) is 194 Å². The van der Waals surface area contributed by atoms with E-state index in [0.29, 0.717) is 50.7 Å². The minimum Gasteiger partial charge on any atom is -0.465 e. The number of unbranched alkanes of at least 4 members (excludes halogenated alkanes) is 5. The Morgan fingerprint density at radius 1 is 0.413 bits per heavy atom. The molecule has 0 amide bonds. The van der Waals surface area contributed by atoms with Crippen molar-refractivity contribution in [1.82, 2.24) is 0 Å². The van der Waals surface area contributed by atoms with Gasteiger partial charge in [0.2, 0.25) is 0 Å². The highest BCUT2D eigenvalue weighted by Gasteiger charge is 2.32. The second-order valence-corrected chi connectivity index (χ2v) is 16.7. The van der Waals surface area contributed by atoms with Crippen molar-refractivity contribution in [1.29, 1.82) is 0 Å². The molecule has 4 nitrogen and oxygen atoms in total. The molecule has 0 atom stereocenters. The van der Waals surface area contributed by atoms with Gasteiger partial charge >= 0.3 is 11.9 Å². The van der Waals surface area contributed by atoms with E-state index in [0.717, 1.165) is 35.5 Å². The van der Waals surface area contributed by atoms with Gasteiger partial charge in [0.05, 0.1) is 13.2 Å². The van der Waals surface area contributed by atoms with Crippen LogP contribution >= 0.6 is 0 Å². The van der Waals surface area contributed by atoms with Crippen molar-refractivity contribution in [2.24, 2.45) is 47.3 Å². The van der Waals surface area contributed by atoms with Gasteiger partial charge in [-0.1, -0.05) is 90.9 Å². The number of esters is 2. The van der Waals surface area contributed by atoms with Gasteiger partial charge in [-0.05, 0) is 137 Å². The van der Waals surface area contributed by atoms with Crippen molar-refractivity contribution in [2.75, 3.05) is 13.2 Å². The molecule has 0 spiro atoms. The molecule has 0 N–H and O–H groups in total. The Morgan fingerprint density at radius 3 is 1.02 bits per heavy atom. The van der Waals surface area contributed by atoms with Crippen LogP contribution in [0.15, 0.2) is 0 Å². The van der Waals surface area contributed by atoms with Crippen molar-refractivity contribution in [3.05, 3.63) is 0 Å². The minimum absolute atomic E-state index is 0.0846. The number of carbonyl (C=O) groups is 2. The summed E-state index contributed by atoms with van der Waals surface area (Å²) in [5.74, 6) is 6.64. The third kappa shape index (κ3) is 13.8. The van der Waals surface area contributed by atoms with Gasteiger partial charge in [0.1, 0.15) is 0 Å². The SMILES string of the molecule is CCCCCC1CCC(C2CCC(COC(=O)CCCCC(=O)OCC3CCC(C4CCC(CCCCC)CC4)CC3)CC2)CC1. The van der Waals surface area contributed by atoms with Crippen LogP contribution in [0, 0.1) is 47.3 Å². The highest BCUT2D eigenvalue weighted by atomic mass is 16.5. The van der Waals surface area contributed by atoms with Crippen LogP contribution in [0.4, 0.5) is 0 Å². The zero-order valence-electron chi connectivity index (χ0n) is 30.5. The first kappa shape index (κ1) is 37.8. The highest BCUT2D eigenvalue weighted by Crippen LogP contribution is 2.43. The van der Waals surface area contributed by atoms with Gasteiger partial charge in [-0.15, -0.1) is 0 Å². The number of hydrogen-bond acceptors (Lipinski definition) is 4. The van der Waals surface area contributed by atoms with E-state index in [4.69, 9.17) is 9.47 Å². The lowest BCUT2D eigenvalue weighted by Gasteiger charge is -2.37. The van der Waals surface area contributed by atoms with Gasteiger partial charge in [0.25, 0.3) is 0 Å². The Balaban J connectivity index is 0.950. The van der Waals surface area contributed by atoms with Crippen LogP contribution in [0.2, 0.25) is 0 Å². The van der Waals surface area contributed by atoms with Gasteiger partial charge < -0.3 is 9.47 Å². The molecule has 266 valence electrons. The first-order valence-electron chi connectivity index (χ1n) is 20.8. The van der Waals surface area contributed by atoms with E-state index < -0.39 is 0 Å². The van der Waals surface area contributed by atoms with E-state index in [1.165, 1.54) is 154 Å². The van der Waals surface area contributed by atoms with E-state index in [2.05, 4.69) is 13.8 Å². The van der Waals surface area contributed by atoms with Crippen molar-refractivity contribution < 1.29 is 19.1 Å². The molecule has 0 aromatic carbocycles. The summed E-state index contributed by atoms with van der Waals surface area (Å²) in [5, 5.41) is 0. The molecule has 0 bridgehead atoms. The summed E-state index contributed by atoms with van der Waals surface area (Å²) < 4.78 is 11.4. The maximum atomic E-state index is 12.4. The molecule has 46 heavy (non-hydrogen) atoms. The largest absolute Gasteiger partial charge is 0.465 e. The Hall–Kier alpha value is -1.06. The molecule has 0 aromatic heterocycles. The number of ether oxygens (including phenoxy) is 2. The van der Waals surface area contributed by atoms with Crippen LogP contribution in [0.3, 0.4) is 0 Å². The third-order valence-electron chi connectivity index (χ3n) is 13.3. The molecule has 0 unspecified atom stereocenters. The molecule has 4 aliphatic carbocycles. The minimum atomic E-state index is -0.0846. The Bertz CT molecular complexity index is 740. The summed E-state index contributed by atoms with van der Waals surface area (Å²) in [7, 11) is 0. The third-order valence-corrected chi connectivity index (χ3v) is 13.3. The fourth-order valence-electron chi connectivity index (χ4n) is 10.0. The molecule has 0 heterocycles. The fraction of sp³-hybridized carbons (Fsp3) is 0.952. The molecule has 4 saturated carbocycles. The van der Waals surface area contributed by atoms with Crippen LogP contribution < -0.4 is 0 Å². The van der Waals surface area contributed by atoms with Crippen molar-refractivity contribution in [3.8, 4) is 0 Å². The van der Waals surface area contributed by atoms with Crippen molar-refractivity contribution >= 4 is 11.9 Å². The zero-order chi connectivity index (χ0) is 32.4. The van der Waals surface area contributed by atoms with E-state index in [1.54, 1.807) is 0 Å². The Kier molecular flexibility index (Phi) is 17.9. The zero-order valence-corrected chi connectivity index (χ0v) is 30.5. The van der Waals surface area contributed by atoms with E-state index >= 15 is 0 Å². The quantitative estimate of drug-likeness (QED) is 0.104. The standard InChI is InChI=1S/C42H74O4/c1-3-5-7-11-33-15-23-37(24-16-33)39-27-19-35(20-28-39)31-45-41(43)13-9-10-14-42(44)46-32-36-21-29-40(30-22-36)38-25-17-34(18-26-38)12-8-6-4-2/h33-40H,3-32H2,1-2H3. The second-order valence-electron chi connectivity index (χ2n) is 16.7. The molecule has 4 heteroatoms. The molecule has 4 fully saturated rings. The van der Waals surface area contributed by atoms with Gasteiger partial charge in [-0.3, -0.25) is 9.59 Å². The molecule has 0 aromatic rings. The van der Waals surface area contributed by atoms with Crippen LogP contribution in [-0.2, 0) is 19.1 Å². The first-order chi connectivity index (χ1) is 22.5. The summed E-state index contributed by atoms with van der Waals surface area (Å²) in [5.41, 5.74) is 0. The average molecular weight is 643 g/mol. The maximum absolute atomic E-state index is 12.4. The van der Waals surface area contributed by atoms with E-state index in [1.807, 2.05) is 0 Å². The van der Waals surface area contributed by atoms with Gasteiger partial charge in [-0.2, -0.15) is 0 Å². The lowest BCUT2D eigenvalue weighted by atomic mass is 9.69. The van der Waals surface area contributed by atoms with Crippen LogP contribution in [0.5, 0.6) is 0 Å². The second kappa shape index (κ2) is 21.8. The molecule has 0 aliphatic heterocycles. The molecule has 4 aliphatic rings. The summed E-state index contributed by atoms with van der Waals surface area (Å²) >= 11 is 0. The molecular weight excluding hydrogens is 568 g/mol. The normalized spacial score (nSPS) is 32.1. The molecule has 0 saturated heterocycles. The Labute approximate surface area is 284 Å². The number of carbonyl (C=O) groups excluding carboxylic acids is 2. The van der Waals surface area contributed by atoms with Gasteiger partial charge in [0, 0.05) is 12.8 Å². The number of hydrogen-bond donors (Lipinski definition) is 0. The lowest BCUT2D eigenvalue weighted by Crippen LogP contribution is -2.27. The van der Waals surface area contributed by atoms with Crippen molar-refractivity contribution in [3.63, 3.8) is 0 Å². The van der Waals surface area contributed by atoms with E-state index in [9.17, 15) is 9.59 Å². The monoisotopic (exact) mass is 643 g/mol. The van der Waals surface area contributed by atoms with Gasteiger partial charge in [-0.25, -0.2) is 0 Å². The topological polar surface area (TPSA) is 52.6 Å². The smallest absolute Gasteiger partial charge is 0.305 e. The van der Waals surface area contributed by atoms with Crippen LogP contribution in [-0.4, -0.2) is 25.2 Å². The van der Waals surface area contributed by atoms with E-state index in [-0.39, 0.29) is 11.9 Å². The summed E-state index contributed by atoms with van der Waals surface area (Å²) in [6.07, 6.45) is 35.4. The fourth-order valence-corrected chi connectivity index (χ4v) is 10.0. The van der Waals surface area contributed by atoms with Gasteiger partial charge in [0.15, 0.2) is 0 Å². The summed E-state index contributed by atoms with van der Waals surface area (Å²) in [6, 6.07) is 0. The average Bonchev–Trinajstić information content (AvgIpc) is 3.10. The first-order valence-corrected chi connectivity index (χ1v) is 20.8. The highest BCUT2D eigenvalue weighted by molar-refractivity contribution is 5.70. The predicted molar refractivity (Wildman–Crippen MR) is 190 cm³/mol. The lowest BCUT2D eigenvalue weighted by molar-refractivity contribution is -0.147.